The highest BCUT2D eigenvalue weighted by molar-refractivity contribution is 5.86. The molecule has 0 radical (unpaired) electrons. The number of nitro groups is 1. The van der Waals surface area contributed by atoms with Crippen LogP contribution in [0, 0.1) is 15.9 Å². The number of carbonyl (C=O) groups excluding carboxylic acids is 1. The first-order valence-corrected chi connectivity index (χ1v) is 5.25. The van der Waals surface area contributed by atoms with E-state index in [-0.39, 0.29) is 11.1 Å². The van der Waals surface area contributed by atoms with Gasteiger partial charge in [0.1, 0.15) is 5.82 Å². The zero-order valence-electron chi connectivity index (χ0n) is 9.54. The van der Waals surface area contributed by atoms with Gasteiger partial charge in [-0.1, -0.05) is 12.1 Å². The summed E-state index contributed by atoms with van der Waals surface area (Å²) in [5, 5.41) is 20.3. The molecule has 0 bridgehead atoms. The van der Waals surface area contributed by atoms with E-state index in [1.165, 1.54) is 24.3 Å². The summed E-state index contributed by atoms with van der Waals surface area (Å²) in [5.41, 5.74) is -0.144. The van der Waals surface area contributed by atoms with Crippen molar-refractivity contribution in [1.29, 1.82) is 0 Å². The average Bonchev–Trinajstić information content (AvgIpc) is 2.38. The number of phenolic OH excluding ortho intramolecular Hbond substituents is 1. The summed E-state index contributed by atoms with van der Waals surface area (Å²) in [6, 6.07) is 7.78. The van der Waals surface area contributed by atoms with Crippen LogP contribution < -0.4 is 0 Å². The topological polar surface area (TPSA) is 80.4 Å². The van der Waals surface area contributed by atoms with Gasteiger partial charge in [-0.2, -0.15) is 0 Å². The number of hydrogen-bond acceptors (Lipinski definition) is 4. The largest absolute Gasteiger partial charge is 0.502 e. The van der Waals surface area contributed by atoms with Gasteiger partial charge < -0.3 is 5.11 Å². The average molecular weight is 261 g/mol. The highest BCUT2D eigenvalue weighted by atomic mass is 19.1. The molecule has 0 aliphatic rings. The molecule has 6 heteroatoms. The number of rotatable bonds is 3. The molecule has 0 spiro atoms. The zero-order valence-corrected chi connectivity index (χ0v) is 9.54. The number of phenols is 1. The second-order valence-corrected chi connectivity index (χ2v) is 3.82. The van der Waals surface area contributed by atoms with Gasteiger partial charge in [0.05, 0.1) is 10.5 Å². The zero-order chi connectivity index (χ0) is 14.0. The van der Waals surface area contributed by atoms with E-state index < -0.39 is 22.2 Å². The van der Waals surface area contributed by atoms with Crippen molar-refractivity contribution in [3.63, 3.8) is 0 Å². The summed E-state index contributed by atoms with van der Waals surface area (Å²) in [6.07, 6.45) is 0.311. The van der Waals surface area contributed by atoms with Gasteiger partial charge >= 0.3 is 5.69 Å². The number of aromatic hydroxyl groups is 1. The molecule has 2 aromatic carbocycles. The van der Waals surface area contributed by atoms with Crippen LogP contribution in [0.5, 0.6) is 5.75 Å². The van der Waals surface area contributed by atoms with E-state index in [9.17, 15) is 24.4 Å². The van der Waals surface area contributed by atoms with Gasteiger partial charge in [-0.15, -0.1) is 0 Å². The summed E-state index contributed by atoms with van der Waals surface area (Å²) in [7, 11) is 0. The van der Waals surface area contributed by atoms with Gasteiger partial charge in [0.2, 0.25) is 5.75 Å². The Morgan fingerprint density at radius 2 is 1.95 bits per heavy atom. The Bertz CT molecular complexity index is 670. The van der Waals surface area contributed by atoms with E-state index in [2.05, 4.69) is 0 Å². The third-order valence-electron chi connectivity index (χ3n) is 2.60. The van der Waals surface area contributed by atoms with Crippen LogP contribution in [0.2, 0.25) is 0 Å². The van der Waals surface area contributed by atoms with Crippen molar-refractivity contribution in [3.05, 3.63) is 57.9 Å². The van der Waals surface area contributed by atoms with E-state index in [1.807, 2.05) is 0 Å². The van der Waals surface area contributed by atoms with Gasteiger partial charge in [-0.25, -0.2) is 4.39 Å². The Morgan fingerprint density at radius 1 is 1.21 bits per heavy atom. The van der Waals surface area contributed by atoms with Crippen LogP contribution >= 0.6 is 0 Å². The molecule has 0 fully saturated rings. The van der Waals surface area contributed by atoms with Gasteiger partial charge in [0.15, 0.2) is 6.29 Å². The predicted octanol–water partition coefficient (Wildman–Crippen LogP) is 2.92. The molecule has 0 aliphatic carbocycles. The maximum Gasteiger partial charge on any atom is 0.312 e. The van der Waals surface area contributed by atoms with Gasteiger partial charge in [-0.05, 0) is 29.3 Å². The molecule has 96 valence electrons. The summed E-state index contributed by atoms with van der Waals surface area (Å²) in [5.74, 6) is -1.19. The molecule has 0 atom stereocenters. The van der Waals surface area contributed by atoms with Crippen molar-refractivity contribution in [2.45, 2.75) is 0 Å². The minimum atomic E-state index is -0.800. The molecule has 2 aromatic rings. The van der Waals surface area contributed by atoms with E-state index in [0.29, 0.717) is 11.8 Å². The SMILES string of the molecule is O=Cc1cc(-c2cccc(F)c2)cc([N+](=O)[O-])c1O. The highest BCUT2D eigenvalue weighted by Crippen LogP contribution is 2.34. The van der Waals surface area contributed by atoms with Crippen molar-refractivity contribution in [3.8, 4) is 16.9 Å². The van der Waals surface area contributed by atoms with Gasteiger partial charge in [0, 0.05) is 6.07 Å². The van der Waals surface area contributed by atoms with Crippen LogP contribution in [-0.4, -0.2) is 16.3 Å². The van der Waals surface area contributed by atoms with Crippen LogP contribution in [0.15, 0.2) is 36.4 Å². The van der Waals surface area contributed by atoms with Gasteiger partial charge in [-0.3, -0.25) is 14.9 Å². The van der Waals surface area contributed by atoms with Crippen LogP contribution in [0.4, 0.5) is 10.1 Å². The third-order valence-corrected chi connectivity index (χ3v) is 2.60. The molecule has 0 amide bonds. The summed E-state index contributed by atoms with van der Waals surface area (Å²) < 4.78 is 13.1. The first-order chi connectivity index (χ1) is 9.02. The predicted molar refractivity (Wildman–Crippen MR) is 65.5 cm³/mol. The van der Waals surface area contributed by atoms with E-state index in [4.69, 9.17) is 0 Å². The highest BCUT2D eigenvalue weighted by Gasteiger charge is 2.19. The van der Waals surface area contributed by atoms with E-state index >= 15 is 0 Å². The summed E-state index contributed by atoms with van der Waals surface area (Å²) in [4.78, 5) is 20.8. The van der Waals surface area contributed by atoms with Crippen molar-refractivity contribution in [1.82, 2.24) is 0 Å². The fourth-order valence-corrected chi connectivity index (χ4v) is 1.70. The lowest BCUT2D eigenvalue weighted by Gasteiger charge is -2.05. The minimum absolute atomic E-state index is 0.214. The number of hydrogen-bond donors (Lipinski definition) is 1. The first-order valence-electron chi connectivity index (χ1n) is 5.25. The number of carbonyl (C=O) groups is 1. The molecule has 0 saturated heterocycles. The number of aldehydes is 1. The van der Waals surface area contributed by atoms with E-state index in [1.54, 1.807) is 6.07 Å². The maximum atomic E-state index is 13.1. The van der Waals surface area contributed by atoms with E-state index in [0.717, 1.165) is 6.07 Å². The van der Waals surface area contributed by atoms with Crippen LogP contribution in [-0.2, 0) is 0 Å². The van der Waals surface area contributed by atoms with Crippen LogP contribution in [0.1, 0.15) is 10.4 Å². The molecule has 1 N–H and O–H groups in total. The molecule has 0 aromatic heterocycles. The molecular formula is C13H8FNO4. The Labute approximate surface area is 107 Å². The fraction of sp³-hybridized carbons (Fsp3) is 0. The third kappa shape index (κ3) is 2.42. The lowest BCUT2D eigenvalue weighted by Crippen LogP contribution is -1.94. The van der Waals surface area contributed by atoms with Crippen LogP contribution in [0.3, 0.4) is 0 Å². The van der Waals surface area contributed by atoms with Crippen molar-refractivity contribution in [2.75, 3.05) is 0 Å². The van der Waals surface area contributed by atoms with Gasteiger partial charge in [0.25, 0.3) is 0 Å². The molecule has 0 aliphatic heterocycles. The van der Waals surface area contributed by atoms with Crippen molar-refractivity contribution in [2.24, 2.45) is 0 Å². The molecule has 5 nitrogen and oxygen atoms in total. The Balaban J connectivity index is 2.68. The molecular weight excluding hydrogens is 253 g/mol. The number of benzene rings is 2. The summed E-state index contributed by atoms with van der Waals surface area (Å²) in [6.45, 7) is 0. The molecule has 0 unspecified atom stereocenters. The second-order valence-electron chi connectivity index (χ2n) is 3.82. The smallest absolute Gasteiger partial charge is 0.312 e. The quantitative estimate of drug-likeness (QED) is 0.523. The monoisotopic (exact) mass is 261 g/mol. The second kappa shape index (κ2) is 4.85. The minimum Gasteiger partial charge on any atom is -0.502 e. The molecule has 19 heavy (non-hydrogen) atoms. The molecule has 0 heterocycles. The molecule has 2 rings (SSSR count). The standard InChI is InChI=1S/C13H8FNO4/c14-11-3-1-2-8(5-11)9-4-10(7-16)13(17)12(6-9)15(18)19/h1-7,17H. The lowest BCUT2D eigenvalue weighted by molar-refractivity contribution is -0.385. The van der Waals surface area contributed by atoms with Crippen molar-refractivity contribution >= 4 is 12.0 Å². The number of nitro benzene ring substituents is 1. The Morgan fingerprint density at radius 3 is 2.53 bits per heavy atom. The Hall–Kier alpha value is -2.76. The Kier molecular flexibility index (Phi) is 3.24. The first kappa shape index (κ1) is 12.7. The summed E-state index contributed by atoms with van der Waals surface area (Å²) >= 11 is 0. The number of halogens is 1. The lowest BCUT2D eigenvalue weighted by atomic mass is 10.0. The normalized spacial score (nSPS) is 10.2. The van der Waals surface area contributed by atoms with Crippen LogP contribution in [0.25, 0.3) is 11.1 Å². The fourth-order valence-electron chi connectivity index (χ4n) is 1.70. The number of nitrogens with zero attached hydrogens (tertiary/aromatic N) is 1. The maximum absolute atomic E-state index is 13.1. The molecule has 0 saturated carbocycles. The van der Waals surface area contributed by atoms with Crippen molar-refractivity contribution < 1.29 is 19.2 Å².